The summed E-state index contributed by atoms with van der Waals surface area (Å²) in [7, 11) is 0. The van der Waals surface area contributed by atoms with E-state index in [0.29, 0.717) is 0 Å². The van der Waals surface area contributed by atoms with Crippen molar-refractivity contribution in [2.24, 2.45) is 0 Å². The van der Waals surface area contributed by atoms with Crippen LogP contribution in [0.2, 0.25) is 0 Å². The molecule has 2 rings (SSSR count). The van der Waals surface area contributed by atoms with Crippen molar-refractivity contribution < 1.29 is 19.3 Å². The van der Waals surface area contributed by atoms with Gasteiger partial charge in [-0.25, -0.2) is 9.37 Å². The Morgan fingerprint density at radius 2 is 2.42 bits per heavy atom. The minimum Gasteiger partial charge on any atom is -0.392 e. The molecule has 1 fully saturated rings. The second kappa shape index (κ2) is 4.86. The zero-order chi connectivity index (χ0) is 14.2. The molecule has 8 heteroatoms. The van der Waals surface area contributed by atoms with Crippen molar-refractivity contribution in [3.8, 4) is 12.3 Å². The van der Waals surface area contributed by atoms with Crippen molar-refractivity contribution >= 4 is 18.0 Å². The minimum atomic E-state index is -1.85. The van der Waals surface area contributed by atoms with Gasteiger partial charge in [-0.15, -0.1) is 6.42 Å². The van der Waals surface area contributed by atoms with Gasteiger partial charge in [0.25, 0.3) is 0 Å². The lowest BCUT2D eigenvalue weighted by Gasteiger charge is -2.23. The first-order valence-electron chi connectivity index (χ1n) is 5.38. The van der Waals surface area contributed by atoms with E-state index >= 15 is 0 Å². The molecule has 0 spiro atoms. The molecule has 0 saturated carbocycles. The fraction of sp³-hybridized carbons (Fsp3) is 0.455. The molecule has 1 aromatic rings. The summed E-state index contributed by atoms with van der Waals surface area (Å²) in [5.74, 6) is 2.26. The first kappa shape index (κ1) is 13.9. The molecule has 4 unspecified atom stereocenters. The second-order valence-corrected chi connectivity index (χ2v) is 4.50. The number of nitrogen functional groups attached to an aromatic ring is 1. The number of hydrogen-bond donors (Lipinski definition) is 3. The molecule has 1 aliphatic heterocycles. The maximum Gasteiger partial charge on any atom is 0.203 e. The summed E-state index contributed by atoms with van der Waals surface area (Å²) in [5.41, 5.74) is 3.65. The van der Waals surface area contributed by atoms with Gasteiger partial charge < -0.3 is 20.7 Å². The first-order chi connectivity index (χ1) is 8.95. The fourth-order valence-corrected chi connectivity index (χ4v) is 2.16. The highest BCUT2D eigenvalue weighted by molar-refractivity contribution is 7.71. The van der Waals surface area contributed by atoms with Crippen LogP contribution in [0.25, 0.3) is 0 Å². The molecule has 0 radical (unpaired) electrons. The first-order valence-corrected chi connectivity index (χ1v) is 5.79. The maximum absolute atomic E-state index is 14.1. The maximum atomic E-state index is 14.1. The van der Waals surface area contributed by atoms with Crippen LogP contribution in [-0.4, -0.2) is 44.2 Å². The Balaban J connectivity index is 2.43. The Morgan fingerprint density at radius 3 is 2.89 bits per heavy atom. The number of alkyl halides is 1. The molecule has 4 atom stereocenters. The fourth-order valence-electron chi connectivity index (χ4n) is 1.89. The largest absolute Gasteiger partial charge is 0.392 e. The van der Waals surface area contributed by atoms with E-state index in [-0.39, 0.29) is 10.6 Å². The number of aromatic nitrogens is 2. The van der Waals surface area contributed by atoms with Gasteiger partial charge in [-0.05, 0) is 18.3 Å². The highest BCUT2D eigenvalue weighted by Crippen LogP contribution is 2.38. The zero-order valence-corrected chi connectivity index (χ0v) is 10.5. The average Bonchev–Trinajstić information content (AvgIpc) is 2.64. The highest BCUT2D eigenvalue weighted by atomic mass is 32.1. The summed E-state index contributed by atoms with van der Waals surface area (Å²) >= 11 is 4.94. The number of halogens is 1. The number of nitrogens with two attached hydrogens (primary N) is 1. The van der Waals surface area contributed by atoms with E-state index in [2.05, 4.69) is 10.9 Å². The second-order valence-electron chi connectivity index (χ2n) is 4.13. The summed E-state index contributed by atoms with van der Waals surface area (Å²) in [5, 5.41) is 19.0. The number of ether oxygens (including phenoxy) is 1. The topological polar surface area (TPSA) is 93.5 Å². The van der Waals surface area contributed by atoms with E-state index in [4.69, 9.17) is 29.1 Å². The van der Waals surface area contributed by atoms with Gasteiger partial charge in [0.15, 0.2) is 18.0 Å². The molecule has 6 nitrogen and oxygen atoms in total. The van der Waals surface area contributed by atoms with Crippen molar-refractivity contribution in [1.29, 1.82) is 0 Å². The summed E-state index contributed by atoms with van der Waals surface area (Å²) in [6.07, 6.45) is 1.82. The van der Waals surface area contributed by atoms with Crippen LogP contribution in [0.15, 0.2) is 12.3 Å². The van der Waals surface area contributed by atoms with Crippen LogP contribution < -0.4 is 5.73 Å². The number of nitrogens with zero attached hydrogens (tertiary/aromatic N) is 2. The van der Waals surface area contributed by atoms with Crippen LogP contribution in [0.3, 0.4) is 0 Å². The van der Waals surface area contributed by atoms with E-state index < -0.39 is 30.7 Å². The number of aliphatic hydroxyl groups is 2. The smallest absolute Gasteiger partial charge is 0.203 e. The predicted octanol–water partition coefficient (Wildman–Crippen LogP) is -0.213. The van der Waals surface area contributed by atoms with Crippen molar-refractivity contribution in [3.05, 3.63) is 17.0 Å². The van der Waals surface area contributed by atoms with E-state index in [0.717, 1.165) is 0 Å². The highest BCUT2D eigenvalue weighted by Gasteiger charge is 2.55. The van der Waals surface area contributed by atoms with E-state index in [1.54, 1.807) is 0 Å². The molecule has 102 valence electrons. The molecule has 0 amide bonds. The summed E-state index contributed by atoms with van der Waals surface area (Å²) in [6, 6.07) is 1.41. The number of anilines is 1. The summed E-state index contributed by atoms with van der Waals surface area (Å²) in [4.78, 5) is 3.79. The van der Waals surface area contributed by atoms with Crippen LogP contribution in [0.4, 0.5) is 10.2 Å². The van der Waals surface area contributed by atoms with E-state index in [1.807, 2.05) is 0 Å². The van der Waals surface area contributed by atoms with Crippen LogP contribution in [-0.2, 0) is 4.74 Å². The zero-order valence-electron chi connectivity index (χ0n) is 9.73. The number of aliphatic hydroxyl groups excluding tert-OH is 2. The molecule has 2 heterocycles. The number of terminal acetylenes is 1. The van der Waals surface area contributed by atoms with Crippen LogP contribution >= 0.6 is 12.2 Å². The standard InChI is InChI=1S/C11H12FN3O3S/c1-2-11(5-16)8(17)7(12)9(18-11)15-4-3-6(13)14-10(15)19/h1,3-4,7-9,16-17H,5H2,(H2,13,14,19). The molecule has 19 heavy (non-hydrogen) atoms. The van der Waals surface area contributed by atoms with Gasteiger partial charge in [-0.2, -0.15) is 0 Å². The Labute approximate surface area is 113 Å². The van der Waals surface area contributed by atoms with Crippen molar-refractivity contribution in [2.45, 2.75) is 24.1 Å². The van der Waals surface area contributed by atoms with Gasteiger partial charge in [0.2, 0.25) is 4.77 Å². The van der Waals surface area contributed by atoms with Crippen LogP contribution in [0.5, 0.6) is 0 Å². The molecular formula is C11H12FN3O3S. The Bertz CT molecular complexity index is 587. The van der Waals surface area contributed by atoms with Gasteiger partial charge in [0, 0.05) is 6.20 Å². The van der Waals surface area contributed by atoms with Gasteiger partial charge in [-0.1, -0.05) is 5.92 Å². The normalized spacial score (nSPS) is 34.1. The van der Waals surface area contributed by atoms with Crippen molar-refractivity contribution in [2.75, 3.05) is 12.3 Å². The van der Waals surface area contributed by atoms with Crippen molar-refractivity contribution in [3.63, 3.8) is 0 Å². The third-order valence-electron chi connectivity index (χ3n) is 2.99. The minimum absolute atomic E-state index is 0.00869. The Morgan fingerprint density at radius 1 is 1.74 bits per heavy atom. The number of hydrogen-bond acceptors (Lipinski definition) is 6. The molecule has 0 aliphatic carbocycles. The Hall–Kier alpha value is -1.53. The molecule has 0 bridgehead atoms. The van der Waals surface area contributed by atoms with Gasteiger partial charge in [-0.3, -0.25) is 4.57 Å². The van der Waals surface area contributed by atoms with E-state index in [1.165, 1.54) is 16.8 Å². The average molecular weight is 285 g/mol. The van der Waals surface area contributed by atoms with Crippen molar-refractivity contribution in [1.82, 2.24) is 9.55 Å². The summed E-state index contributed by atoms with van der Waals surface area (Å²) in [6.45, 7) is -0.711. The predicted molar refractivity (Wildman–Crippen MR) is 67.1 cm³/mol. The third kappa shape index (κ3) is 2.11. The van der Waals surface area contributed by atoms with E-state index in [9.17, 15) is 14.6 Å². The summed E-state index contributed by atoms with van der Waals surface area (Å²) < 4.78 is 20.6. The molecule has 1 saturated heterocycles. The Kier molecular flexibility index (Phi) is 3.56. The van der Waals surface area contributed by atoms with Crippen LogP contribution in [0.1, 0.15) is 6.23 Å². The molecule has 1 aliphatic rings. The molecule has 1 aromatic heterocycles. The SMILES string of the molecule is C#CC1(CO)OC(n2ccc(N)nc2=S)C(F)C1O. The third-order valence-corrected chi connectivity index (χ3v) is 3.29. The lowest BCUT2D eigenvalue weighted by molar-refractivity contribution is -0.0917. The quantitative estimate of drug-likeness (QED) is 0.514. The molecule has 0 aromatic carbocycles. The van der Waals surface area contributed by atoms with Gasteiger partial charge >= 0.3 is 0 Å². The monoisotopic (exact) mass is 285 g/mol. The van der Waals surface area contributed by atoms with Gasteiger partial charge in [0.1, 0.15) is 11.9 Å². The lowest BCUT2D eigenvalue weighted by Crippen LogP contribution is -2.44. The number of rotatable bonds is 2. The molecular weight excluding hydrogens is 273 g/mol. The lowest BCUT2D eigenvalue weighted by atomic mass is 9.98. The van der Waals surface area contributed by atoms with Crippen LogP contribution in [0, 0.1) is 17.1 Å². The molecule has 4 N–H and O–H groups in total. The van der Waals surface area contributed by atoms with Gasteiger partial charge in [0.05, 0.1) is 6.61 Å².